The molecular formula is C29H28ClN5S. The number of hydrogen-bond donors (Lipinski definition) is 2. The molecule has 2 N–H and O–H groups in total. The second-order valence-electron chi connectivity index (χ2n) is 9.54. The van der Waals surface area contributed by atoms with Crippen molar-refractivity contribution in [1.82, 2.24) is 20.0 Å². The highest BCUT2D eigenvalue weighted by Crippen LogP contribution is 2.41. The maximum absolute atomic E-state index is 6.04. The summed E-state index contributed by atoms with van der Waals surface area (Å²) in [5, 5.41) is 14.2. The summed E-state index contributed by atoms with van der Waals surface area (Å²) in [6.45, 7) is 6.17. The second kappa shape index (κ2) is 10.1. The summed E-state index contributed by atoms with van der Waals surface area (Å²) in [4.78, 5) is 6.00. The third kappa shape index (κ3) is 4.93. The van der Waals surface area contributed by atoms with E-state index in [4.69, 9.17) is 11.6 Å². The highest BCUT2D eigenvalue weighted by Gasteiger charge is 2.26. The van der Waals surface area contributed by atoms with Gasteiger partial charge in [-0.25, -0.2) is 0 Å². The molecule has 1 aliphatic heterocycles. The number of anilines is 1. The molecule has 0 unspecified atom stereocenters. The number of aromatic amines is 1. The maximum atomic E-state index is 6.04. The minimum absolute atomic E-state index is 0.567. The van der Waals surface area contributed by atoms with E-state index in [0.717, 1.165) is 71.7 Å². The molecule has 36 heavy (non-hydrogen) atoms. The Bertz CT molecular complexity index is 1450. The largest absolute Gasteiger partial charge is 0.374 e. The van der Waals surface area contributed by atoms with Crippen LogP contribution >= 0.6 is 22.9 Å². The number of hydrogen-bond acceptors (Lipinski definition) is 5. The number of nitrogens with zero attached hydrogens (tertiary/aromatic N) is 3. The van der Waals surface area contributed by atoms with E-state index in [1.807, 2.05) is 24.3 Å². The number of halogens is 1. The van der Waals surface area contributed by atoms with Crippen molar-refractivity contribution in [3.8, 4) is 34.4 Å². The van der Waals surface area contributed by atoms with Crippen LogP contribution in [0, 0.1) is 11.8 Å². The molecule has 0 spiro atoms. The number of thiophene rings is 1. The first kappa shape index (κ1) is 23.3. The zero-order valence-corrected chi connectivity index (χ0v) is 21.8. The van der Waals surface area contributed by atoms with Gasteiger partial charge in [0.1, 0.15) is 0 Å². The summed E-state index contributed by atoms with van der Waals surface area (Å²) >= 11 is 7.70. The molecule has 0 amide bonds. The normalized spacial score (nSPS) is 15.3. The monoisotopic (exact) mass is 513 g/mol. The highest BCUT2D eigenvalue weighted by molar-refractivity contribution is 7.11. The lowest BCUT2D eigenvalue weighted by Gasteiger charge is -2.32. The van der Waals surface area contributed by atoms with Gasteiger partial charge in [0, 0.05) is 71.9 Å². The quantitative estimate of drug-likeness (QED) is 0.301. The summed E-state index contributed by atoms with van der Waals surface area (Å²) in [6, 6.07) is 16.8. The van der Waals surface area contributed by atoms with E-state index in [-0.39, 0.29) is 0 Å². The Kier molecular flexibility index (Phi) is 6.56. The van der Waals surface area contributed by atoms with Crippen molar-refractivity contribution in [2.24, 2.45) is 0 Å². The molecule has 1 aliphatic carbocycles. The molecule has 4 aromatic rings. The second-order valence-corrected chi connectivity index (χ2v) is 10.9. The zero-order valence-electron chi connectivity index (χ0n) is 20.3. The number of fused-ring (bicyclic) bond motifs is 3. The summed E-state index contributed by atoms with van der Waals surface area (Å²) in [6.07, 6.45) is 0.924. The van der Waals surface area contributed by atoms with Crippen molar-refractivity contribution in [2.45, 2.75) is 13.0 Å². The Hall–Kier alpha value is -3.08. The molecule has 0 radical (unpaired) electrons. The van der Waals surface area contributed by atoms with Gasteiger partial charge in [0.05, 0.1) is 22.8 Å². The molecule has 0 saturated carbocycles. The van der Waals surface area contributed by atoms with E-state index in [9.17, 15) is 0 Å². The standard InChI is InChI=1S/C29H28ClN5S/c1-34-10-12-35(13-11-34)18-20-7-8-26-21(14-20)16-27-28(32-33-29(26)27)22-15-25(36-19-22)6-3-9-31-24-5-2-4-23(30)17-24/h2,4-5,7-8,14-15,17,19,31H,9-13,16,18H2,1H3,(H,32,33). The third-order valence-corrected chi connectivity index (χ3v) is 8.05. The topological polar surface area (TPSA) is 47.2 Å². The summed E-state index contributed by atoms with van der Waals surface area (Å²) in [7, 11) is 2.20. The van der Waals surface area contributed by atoms with Crippen molar-refractivity contribution in [1.29, 1.82) is 0 Å². The van der Waals surface area contributed by atoms with Gasteiger partial charge in [0.2, 0.25) is 0 Å². The molecular weight excluding hydrogens is 486 g/mol. The first-order valence-electron chi connectivity index (χ1n) is 12.3. The molecule has 2 aromatic heterocycles. The molecule has 3 heterocycles. The van der Waals surface area contributed by atoms with Crippen LogP contribution < -0.4 is 5.32 Å². The van der Waals surface area contributed by atoms with Crippen molar-refractivity contribution in [2.75, 3.05) is 45.1 Å². The van der Waals surface area contributed by atoms with Gasteiger partial charge in [-0.15, -0.1) is 11.3 Å². The Morgan fingerprint density at radius 1 is 1.11 bits per heavy atom. The predicted octanol–water partition coefficient (Wildman–Crippen LogP) is 5.57. The lowest BCUT2D eigenvalue weighted by Crippen LogP contribution is -2.43. The minimum atomic E-state index is 0.567. The Morgan fingerprint density at radius 2 is 2.00 bits per heavy atom. The van der Waals surface area contributed by atoms with Crippen LogP contribution in [-0.4, -0.2) is 59.8 Å². The van der Waals surface area contributed by atoms with Crippen molar-refractivity contribution in [3.05, 3.63) is 80.5 Å². The van der Waals surface area contributed by atoms with Crippen LogP contribution in [-0.2, 0) is 13.0 Å². The number of likely N-dealkylation sites (N-methyl/N-ethyl adjacent to an activating group) is 1. The Balaban J connectivity index is 1.13. The fourth-order valence-electron chi connectivity index (χ4n) is 4.99. The molecule has 1 saturated heterocycles. The number of nitrogens with one attached hydrogen (secondary N) is 2. The van der Waals surface area contributed by atoms with Crippen LogP contribution in [0.5, 0.6) is 0 Å². The van der Waals surface area contributed by atoms with Gasteiger partial charge in [-0.05, 0) is 42.4 Å². The van der Waals surface area contributed by atoms with Gasteiger partial charge >= 0.3 is 0 Å². The van der Waals surface area contributed by atoms with Gasteiger partial charge < -0.3 is 10.2 Å². The van der Waals surface area contributed by atoms with Gasteiger partial charge in [0.15, 0.2) is 0 Å². The summed E-state index contributed by atoms with van der Waals surface area (Å²) in [5.41, 5.74) is 9.69. The van der Waals surface area contributed by atoms with E-state index in [2.05, 4.69) is 73.8 Å². The van der Waals surface area contributed by atoms with Crippen LogP contribution in [0.1, 0.15) is 21.6 Å². The molecule has 2 aliphatic rings. The third-order valence-electron chi connectivity index (χ3n) is 6.97. The molecule has 1 fully saturated rings. The number of H-pyrrole nitrogens is 1. The van der Waals surface area contributed by atoms with Crippen LogP contribution in [0.15, 0.2) is 53.9 Å². The smallest absolute Gasteiger partial charge is 0.0971 e. The first-order chi connectivity index (χ1) is 17.6. The van der Waals surface area contributed by atoms with Crippen molar-refractivity contribution >= 4 is 28.6 Å². The average Bonchev–Trinajstić information content (AvgIpc) is 3.59. The highest BCUT2D eigenvalue weighted by atomic mass is 35.5. The molecule has 182 valence electrons. The average molecular weight is 514 g/mol. The van der Waals surface area contributed by atoms with Gasteiger partial charge in [-0.2, -0.15) is 5.10 Å². The van der Waals surface area contributed by atoms with E-state index >= 15 is 0 Å². The summed E-state index contributed by atoms with van der Waals surface area (Å²) in [5.74, 6) is 6.48. The molecule has 6 rings (SSSR count). The Labute approximate surface area is 221 Å². The SMILES string of the molecule is CN1CCN(Cc2ccc3c(c2)Cc2c(-c4csc(C#CCNc5cccc(Cl)c5)c4)n[nH]c2-3)CC1. The van der Waals surface area contributed by atoms with Gasteiger partial charge in [0.25, 0.3) is 0 Å². The molecule has 0 atom stereocenters. The molecule has 5 nitrogen and oxygen atoms in total. The van der Waals surface area contributed by atoms with Gasteiger partial charge in [-0.1, -0.05) is 47.7 Å². The number of benzene rings is 2. The summed E-state index contributed by atoms with van der Waals surface area (Å²) < 4.78 is 0. The number of rotatable bonds is 5. The minimum Gasteiger partial charge on any atom is -0.374 e. The number of aromatic nitrogens is 2. The fourth-order valence-corrected chi connectivity index (χ4v) is 5.94. The van der Waals surface area contributed by atoms with Crippen molar-refractivity contribution < 1.29 is 0 Å². The van der Waals surface area contributed by atoms with E-state index in [0.29, 0.717) is 6.54 Å². The van der Waals surface area contributed by atoms with E-state index in [1.165, 1.54) is 22.3 Å². The molecule has 2 aromatic carbocycles. The van der Waals surface area contributed by atoms with Gasteiger partial charge in [-0.3, -0.25) is 10.00 Å². The lowest BCUT2D eigenvalue weighted by molar-refractivity contribution is 0.148. The van der Waals surface area contributed by atoms with Crippen LogP contribution in [0.2, 0.25) is 5.02 Å². The van der Waals surface area contributed by atoms with Crippen LogP contribution in [0.3, 0.4) is 0 Å². The lowest BCUT2D eigenvalue weighted by atomic mass is 10.0. The first-order valence-corrected chi connectivity index (χ1v) is 13.6. The van der Waals surface area contributed by atoms with Crippen LogP contribution in [0.25, 0.3) is 22.5 Å². The maximum Gasteiger partial charge on any atom is 0.0971 e. The molecule has 0 bridgehead atoms. The molecule has 7 heteroatoms. The van der Waals surface area contributed by atoms with Crippen molar-refractivity contribution in [3.63, 3.8) is 0 Å². The van der Waals surface area contributed by atoms with Crippen LogP contribution in [0.4, 0.5) is 5.69 Å². The van der Waals surface area contributed by atoms with E-state index < -0.39 is 0 Å². The fraction of sp³-hybridized carbons (Fsp3) is 0.276. The zero-order chi connectivity index (χ0) is 24.5. The number of piperazine rings is 1. The van der Waals surface area contributed by atoms with E-state index in [1.54, 1.807) is 11.3 Å². The predicted molar refractivity (Wildman–Crippen MR) is 150 cm³/mol. The Morgan fingerprint density at radius 3 is 2.86 bits per heavy atom.